The van der Waals surface area contributed by atoms with E-state index in [0.29, 0.717) is 0 Å². The van der Waals surface area contributed by atoms with Gasteiger partial charge in [-0.15, -0.1) is 0 Å². The van der Waals surface area contributed by atoms with Gasteiger partial charge in [0.15, 0.2) is 0 Å². The average molecular weight is 256 g/mol. The fraction of sp³-hybridized carbons (Fsp3) is 0.267. The van der Waals surface area contributed by atoms with Gasteiger partial charge in [-0.05, 0) is 21.9 Å². The lowest BCUT2D eigenvalue weighted by Gasteiger charge is -2.21. The summed E-state index contributed by atoms with van der Waals surface area (Å²) in [4.78, 5) is 13.3. The zero-order valence-electron chi connectivity index (χ0n) is 10.9. The van der Waals surface area contributed by atoms with Crippen molar-refractivity contribution >= 4 is 16.8 Å². The van der Waals surface area contributed by atoms with Gasteiger partial charge in [0.1, 0.15) is 6.10 Å². The zero-order chi connectivity index (χ0) is 13.6. The van der Waals surface area contributed by atoms with Gasteiger partial charge < -0.3 is 15.3 Å². The van der Waals surface area contributed by atoms with E-state index in [-0.39, 0.29) is 12.1 Å². The Labute approximate surface area is 111 Å². The zero-order valence-corrected chi connectivity index (χ0v) is 10.9. The van der Waals surface area contributed by atoms with Gasteiger partial charge in [0, 0.05) is 14.1 Å². The molecule has 0 aliphatic heterocycles. The number of hydrogen-bond acceptors (Lipinski definition) is 2. The first-order valence-corrected chi connectivity index (χ1v) is 6.27. The number of rotatable bonds is 1. The van der Waals surface area contributed by atoms with Crippen LogP contribution in [0, 0.1) is 0 Å². The van der Waals surface area contributed by atoms with Crippen LogP contribution in [0.3, 0.4) is 0 Å². The molecular formula is C15H16N2O2. The molecule has 0 saturated carbocycles. The average Bonchev–Trinajstić information content (AvgIpc) is 2.67. The molecule has 0 bridgehead atoms. The Morgan fingerprint density at radius 2 is 1.79 bits per heavy atom. The first-order valence-electron chi connectivity index (χ1n) is 6.27. The van der Waals surface area contributed by atoms with Crippen LogP contribution in [0.15, 0.2) is 36.4 Å². The molecule has 3 rings (SSSR count). The van der Waals surface area contributed by atoms with Gasteiger partial charge in [0.05, 0.1) is 6.04 Å². The van der Waals surface area contributed by atoms with Gasteiger partial charge in [-0.2, -0.15) is 0 Å². The van der Waals surface area contributed by atoms with Crippen LogP contribution in [-0.2, 0) is 0 Å². The molecule has 2 aromatic carbocycles. The molecule has 4 heteroatoms. The Bertz CT molecular complexity index is 646. The smallest absolute Gasteiger partial charge is 0.317 e. The Morgan fingerprint density at radius 3 is 2.42 bits per heavy atom. The summed E-state index contributed by atoms with van der Waals surface area (Å²) in [6.07, 6.45) is -0.690. The van der Waals surface area contributed by atoms with Crippen LogP contribution in [0.5, 0.6) is 0 Å². The number of carbonyl (C=O) groups excluding carboxylic acids is 1. The summed E-state index contributed by atoms with van der Waals surface area (Å²) >= 11 is 0. The molecule has 0 spiro atoms. The van der Waals surface area contributed by atoms with Gasteiger partial charge in [-0.1, -0.05) is 36.4 Å². The van der Waals surface area contributed by atoms with Crippen molar-refractivity contribution in [2.24, 2.45) is 0 Å². The summed E-state index contributed by atoms with van der Waals surface area (Å²) in [6, 6.07) is 11.2. The molecule has 19 heavy (non-hydrogen) atoms. The Hall–Kier alpha value is -2.07. The van der Waals surface area contributed by atoms with Crippen molar-refractivity contribution in [3.8, 4) is 0 Å². The maximum absolute atomic E-state index is 11.8. The molecule has 2 N–H and O–H groups in total. The summed E-state index contributed by atoms with van der Waals surface area (Å²) in [5.74, 6) is 0. The van der Waals surface area contributed by atoms with Crippen LogP contribution in [0.4, 0.5) is 4.79 Å². The molecule has 2 amide bonds. The topological polar surface area (TPSA) is 52.6 Å². The van der Waals surface area contributed by atoms with Gasteiger partial charge in [-0.3, -0.25) is 0 Å². The van der Waals surface area contributed by atoms with E-state index in [2.05, 4.69) is 5.32 Å². The quantitative estimate of drug-likeness (QED) is 0.821. The maximum atomic E-state index is 11.8. The standard InChI is InChI=1S/C15H16N2O2/c1-17(2)15(19)16-13-10-7-3-5-9-6-4-8-11(12(9)10)14(13)18/h3-8,13-14,18H,1-2H3,(H,16,19)/t13-,14-/m1/s1. The predicted octanol–water partition coefficient (Wildman–Crippen LogP) is 2.20. The molecule has 0 radical (unpaired) electrons. The fourth-order valence-corrected chi connectivity index (χ4v) is 2.67. The minimum absolute atomic E-state index is 0.200. The number of benzene rings is 2. The second kappa shape index (κ2) is 4.24. The maximum Gasteiger partial charge on any atom is 0.317 e. The molecular weight excluding hydrogens is 240 g/mol. The van der Waals surface area contributed by atoms with Crippen molar-refractivity contribution in [3.05, 3.63) is 47.5 Å². The summed E-state index contributed by atoms with van der Waals surface area (Å²) < 4.78 is 0. The minimum Gasteiger partial charge on any atom is -0.386 e. The molecule has 4 nitrogen and oxygen atoms in total. The molecule has 1 aliphatic carbocycles. The molecule has 0 heterocycles. The molecule has 0 aromatic heterocycles. The highest BCUT2D eigenvalue weighted by Crippen LogP contribution is 2.43. The van der Waals surface area contributed by atoms with Crippen molar-refractivity contribution in [2.75, 3.05) is 14.1 Å². The van der Waals surface area contributed by atoms with Crippen molar-refractivity contribution in [2.45, 2.75) is 12.1 Å². The van der Waals surface area contributed by atoms with Gasteiger partial charge in [-0.25, -0.2) is 4.79 Å². The Morgan fingerprint density at radius 1 is 1.16 bits per heavy atom. The van der Waals surface area contributed by atoms with E-state index in [4.69, 9.17) is 0 Å². The van der Waals surface area contributed by atoms with Crippen molar-refractivity contribution < 1.29 is 9.90 Å². The molecule has 98 valence electrons. The highest BCUT2D eigenvalue weighted by atomic mass is 16.3. The number of nitrogens with zero attached hydrogens (tertiary/aromatic N) is 1. The van der Waals surface area contributed by atoms with Crippen LogP contribution < -0.4 is 5.32 Å². The van der Waals surface area contributed by atoms with E-state index >= 15 is 0 Å². The molecule has 2 atom stereocenters. The van der Waals surface area contributed by atoms with Gasteiger partial charge in [0.2, 0.25) is 0 Å². The number of aliphatic hydroxyl groups excluding tert-OH is 1. The van der Waals surface area contributed by atoms with Crippen molar-refractivity contribution in [3.63, 3.8) is 0 Å². The monoisotopic (exact) mass is 256 g/mol. The minimum atomic E-state index is -0.690. The number of aliphatic hydroxyl groups is 1. The first-order chi connectivity index (χ1) is 9.09. The molecule has 0 unspecified atom stereocenters. The highest BCUT2D eigenvalue weighted by Gasteiger charge is 2.34. The van der Waals surface area contributed by atoms with Crippen LogP contribution >= 0.6 is 0 Å². The van der Waals surface area contributed by atoms with Crippen molar-refractivity contribution in [1.29, 1.82) is 0 Å². The first kappa shape index (κ1) is 12.0. The highest BCUT2D eigenvalue weighted by molar-refractivity contribution is 5.92. The van der Waals surface area contributed by atoms with E-state index in [1.54, 1.807) is 14.1 Å². The second-order valence-corrected chi connectivity index (χ2v) is 5.06. The molecule has 0 fully saturated rings. The number of amides is 2. The van der Waals surface area contributed by atoms with Crippen LogP contribution in [0.2, 0.25) is 0 Å². The number of nitrogens with one attached hydrogen (secondary N) is 1. The lowest BCUT2D eigenvalue weighted by Crippen LogP contribution is -2.38. The lowest BCUT2D eigenvalue weighted by atomic mass is 10.0. The SMILES string of the molecule is CN(C)C(=O)N[C@@H]1c2cccc3cccc(c23)[C@H]1O. The number of hydrogen-bond donors (Lipinski definition) is 2. The second-order valence-electron chi connectivity index (χ2n) is 5.06. The van der Waals surface area contributed by atoms with E-state index < -0.39 is 6.10 Å². The summed E-state index contributed by atoms with van der Waals surface area (Å²) in [6.45, 7) is 0. The molecule has 1 aliphatic rings. The normalized spacial score (nSPS) is 20.6. The van der Waals surface area contributed by atoms with Crippen LogP contribution in [0.1, 0.15) is 23.3 Å². The van der Waals surface area contributed by atoms with Crippen LogP contribution in [-0.4, -0.2) is 30.1 Å². The third kappa shape index (κ3) is 1.76. The Kier molecular flexibility index (Phi) is 2.68. The molecule has 2 aromatic rings. The predicted molar refractivity (Wildman–Crippen MR) is 73.9 cm³/mol. The van der Waals surface area contributed by atoms with Gasteiger partial charge >= 0.3 is 6.03 Å². The summed E-state index contributed by atoms with van der Waals surface area (Å²) in [5, 5.41) is 15.4. The van der Waals surface area contributed by atoms with Gasteiger partial charge in [0.25, 0.3) is 0 Å². The summed E-state index contributed by atoms with van der Waals surface area (Å²) in [7, 11) is 3.37. The summed E-state index contributed by atoms with van der Waals surface area (Å²) in [5.41, 5.74) is 1.87. The van der Waals surface area contributed by atoms with E-state index in [0.717, 1.165) is 21.9 Å². The Balaban J connectivity index is 2.08. The van der Waals surface area contributed by atoms with E-state index in [9.17, 15) is 9.90 Å². The number of urea groups is 1. The van der Waals surface area contributed by atoms with E-state index in [1.807, 2.05) is 36.4 Å². The third-order valence-corrected chi connectivity index (χ3v) is 3.62. The lowest BCUT2D eigenvalue weighted by molar-refractivity contribution is 0.134. The fourth-order valence-electron chi connectivity index (χ4n) is 2.67. The third-order valence-electron chi connectivity index (χ3n) is 3.62. The van der Waals surface area contributed by atoms with E-state index in [1.165, 1.54) is 4.90 Å². The molecule has 0 saturated heterocycles. The van der Waals surface area contributed by atoms with Crippen LogP contribution in [0.25, 0.3) is 10.8 Å². The largest absolute Gasteiger partial charge is 0.386 e. The number of carbonyl (C=O) groups is 1. The van der Waals surface area contributed by atoms with Crippen molar-refractivity contribution in [1.82, 2.24) is 10.2 Å².